The number of nitrogens with zero attached hydrogens (tertiary/aromatic N) is 2. The highest BCUT2D eigenvalue weighted by atomic mass is 32.2. The van der Waals surface area contributed by atoms with Crippen LogP contribution in [0.15, 0.2) is 9.29 Å². The lowest BCUT2D eigenvalue weighted by Crippen LogP contribution is -2.20. The Labute approximate surface area is 88.7 Å². The van der Waals surface area contributed by atoms with Crippen molar-refractivity contribution in [2.24, 2.45) is 9.81 Å². The minimum Gasteiger partial charge on any atom is -0.281 e. The topological polar surface area (TPSA) is 75.2 Å². The molecule has 1 aromatic heterocycles. The predicted molar refractivity (Wildman–Crippen MR) is 56.5 cm³/mol. The number of aryl methyl sites for hydroxylation is 1. The van der Waals surface area contributed by atoms with E-state index in [9.17, 15) is 8.42 Å². The summed E-state index contributed by atoms with van der Waals surface area (Å²) >= 11 is 0. The van der Waals surface area contributed by atoms with Crippen LogP contribution in [0.4, 0.5) is 0 Å². The highest BCUT2D eigenvalue weighted by molar-refractivity contribution is 7.90. The molecule has 0 bridgehead atoms. The standard InChI is InChI=1S/C9H13N3O2S/c1-5-7-6(11-10-5)8(9(2,3)4)12-15(7,13)14/h1-4H3,(H,10,11). The Kier molecular flexibility index (Phi) is 1.86. The third-order valence-corrected chi connectivity index (χ3v) is 3.73. The molecule has 1 N–H and O–H groups in total. The minimum absolute atomic E-state index is 0.229. The normalized spacial score (nSPS) is 18.8. The molecule has 0 saturated heterocycles. The Morgan fingerprint density at radius 3 is 2.40 bits per heavy atom. The lowest BCUT2D eigenvalue weighted by molar-refractivity contribution is 0.587. The van der Waals surface area contributed by atoms with Crippen LogP contribution in [0.5, 0.6) is 0 Å². The van der Waals surface area contributed by atoms with Gasteiger partial charge in [0, 0.05) is 5.41 Å². The van der Waals surface area contributed by atoms with Crippen molar-refractivity contribution in [2.45, 2.75) is 32.6 Å². The van der Waals surface area contributed by atoms with Gasteiger partial charge in [-0.3, -0.25) is 5.10 Å². The van der Waals surface area contributed by atoms with Crippen molar-refractivity contribution in [3.05, 3.63) is 11.4 Å². The third kappa shape index (κ3) is 1.40. The van der Waals surface area contributed by atoms with Crippen molar-refractivity contribution in [1.29, 1.82) is 0 Å². The summed E-state index contributed by atoms with van der Waals surface area (Å²) in [7, 11) is -3.53. The van der Waals surface area contributed by atoms with Crippen LogP contribution in [0.3, 0.4) is 0 Å². The molecule has 1 aliphatic heterocycles. The Hall–Kier alpha value is -1.17. The number of rotatable bonds is 0. The number of aromatic amines is 1. The molecule has 2 rings (SSSR count). The number of nitrogens with one attached hydrogen (secondary N) is 1. The second-order valence-corrected chi connectivity index (χ2v) is 6.23. The minimum atomic E-state index is -3.53. The maximum atomic E-state index is 11.7. The number of hydrogen-bond acceptors (Lipinski definition) is 3. The quantitative estimate of drug-likeness (QED) is 0.724. The first kappa shape index (κ1) is 10.4. The van der Waals surface area contributed by atoms with Gasteiger partial charge in [-0.1, -0.05) is 20.8 Å². The average molecular weight is 227 g/mol. The van der Waals surface area contributed by atoms with E-state index in [-0.39, 0.29) is 10.3 Å². The zero-order valence-electron chi connectivity index (χ0n) is 9.12. The Bertz CT molecular complexity index is 546. The van der Waals surface area contributed by atoms with Crippen molar-refractivity contribution in [2.75, 3.05) is 0 Å². The first-order valence-electron chi connectivity index (χ1n) is 4.64. The van der Waals surface area contributed by atoms with Gasteiger partial charge in [0.15, 0.2) is 0 Å². The Morgan fingerprint density at radius 1 is 1.27 bits per heavy atom. The van der Waals surface area contributed by atoms with Crippen LogP contribution in [0.1, 0.15) is 32.2 Å². The average Bonchev–Trinajstić information content (AvgIpc) is 2.52. The van der Waals surface area contributed by atoms with Crippen molar-refractivity contribution in [3.63, 3.8) is 0 Å². The van der Waals surface area contributed by atoms with Crippen LogP contribution in [-0.4, -0.2) is 24.3 Å². The van der Waals surface area contributed by atoms with E-state index in [0.717, 1.165) is 0 Å². The predicted octanol–water partition coefficient (Wildman–Crippen LogP) is 1.26. The lowest BCUT2D eigenvalue weighted by Gasteiger charge is -2.16. The molecule has 0 unspecified atom stereocenters. The largest absolute Gasteiger partial charge is 0.286 e. The third-order valence-electron chi connectivity index (χ3n) is 2.30. The Balaban J connectivity index is 2.76. The molecule has 0 saturated carbocycles. The molecular formula is C9H13N3O2S. The van der Waals surface area contributed by atoms with Crippen LogP contribution in [-0.2, 0) is 10.0 Å². The molecule has 6 heteroatoms. The van der Waals surface area contributed by atoms with Gasteiger partial charge in [0.1, 0.15) is 10.6 Å². The SMILES string of the molecule is Cc1[nH]nc2c1S(=O)(=O)N=C2C(C)(C)C. The summed E-state index contributed by atoms with van der Waals surface area (Å²) in [6.07, 6.45) is 0. The van der Waals surface area contributed by atoms with Crippen LogP contribution in [0.2, 0.25) is 0 Å². The van der Waals surface area contributed by atoms with E-state index >= 15 is 0 Å². The van der Waals surface area contributed by atoms with Crippen LogP contribution in [0.25, 0.3) is 0 Å². The number of fused-ring (bicyclic) bond motifs is 1. The molecule has 0 spiro atoms. The van der Waals surface area contributed by atoms with Gasteiger partial charge in [-0.15, -0.1) is 0 Å². The maximum absolute atomic E-state index is 11.7. The molecule has 5 nitrogen and oxygen atoms in total. The molecule has 1 aromatic rings. The van der Waals surface area contributed by atoms with Crippen molar-refractivity contribution in [1.82, 2.24) is 10.2 Å². The second-order valence-electron chi connectivity index (χ2n) is 4.69. The van der Waals surface area contributed by atoms with E-state index in [4.69, 9.17) is 0 Å². The molecule has 1 aliphatic rings. The molecular weight excluding hydrogens is 214 g/mol. The molecule has 2 heterocycles. The molecule has 0 aromatic carbocycles. The van der Waals surface area contributed by atoms with Crippen molar-refractivity contribution in [3.8, 4) is 0 Å². The number of sulfonamides is 1. The molecule has 15 heavy (non-hydrogen) atoms. The highest BCUT2D eigenvalue weighted by Crippen LogP contribution is 2.34. The molecule has 0 fully saturated rings. The lowest BCUT2D eigenvalue weighted by atomic mass is 9.88. The summed E-state index contributed by atoms with van der Waals surface area (Å²) in [4.78, 5) is 0.229. The summed E-state index contributed by atoms with van der Waals surface area (Å²) in [5.74, 6) is 0. The van der Waals surface area contributed by atoms with E-state index in [1.807, 2.05) is 20.8 Å². The Morgan fingerprint density at radius 2 is 1.87 bits per heavy atom. The first-order chi connectivity index (χ1) is 6.73. The van der Waals surface area contributed by atoms with E-state index in [1.165, 1.54) is 0 Å². The van der Waals surface area contributed by atoms with Crippen molar-refractivity contribution < 1.29 is 8.42 Å². The summed E-state index contributed by atoms with van der Waals surface area (Å²) in [5, 5.41) is 6.69. The first-order valence-corrected chi connectivity index (χ1v) is 6.08. The number of hydrogen-bond donors (Lipinski definition) is 1. The molecule has 82 valence electrons. The number of aromatic nitrogens is 2. The van der Waals surface area contributed by atoms with Gasteiger partial charge in [0.25, 0.3) is 10.0 Å². The van der Waals surface area contributed by atoms with Gasteiger partial charge >= 0.3 is 0 Å². The fourth-order valence-corrected chi connectivity index (χ4v) is 3.11. The summed E-state index contributed by atoms with van der Waals surface area (Å²) in [6.45, 7) is 7.44. The van der Waals surface area contributed by atoms with E-state index in [1.54, 1.807) is 6.92 Å². The zero-order valence-corrected chi connectivity index (χ0v) is 9.94. The molecule has 0 aliphatic carbocycles. The van der Waals surface area contributed by atoms with E-state index < -0.39 is 10.0 Å². The number of H-pyrrole nitrogens is 1. The van der Waals surface area contributed by atoms with Gasteiger partial charge in [0.2, 0.25) is 0 Å². The highest BCUT2D eigenvalue weighted by Gasteiger charge is 2.38. The summed E-state index contributed by atoms with van der Waals surface area (Å²) in [6, 6.07) is 0. The van der Waals surface area contributed by atoms with E-state index in [2.05, 4.69) is 14.6 Å². The molecule has 0 radical (unpaired) electrons. The summed E-state index contributed by atoms with van der Waals surface area (Å²) < 4.78 is 27.3. The monoisotopic (exact) mass is 227 g/mol. The van der Waals surface area contributed by atoms with Gasteiger partial charge in [0.05, 0.1) is 11.4 Å². The second kappa shape index (κ2) is 2.69. The van der Waals surface area contributed by atoms with Gasteiger partial charge < -0.3 is 0 Å². The van der Waals surface area contributed by atoms with Crippen LogP contribution in [0, 0.1) is 12.3 Å². The molecule has 0 atom stereocenters. The van der Waals surface area contributed by atoms with Gasteiger partial charge in [-0.25, -0.2) is 0 Å². The molecule has 0 amide bonds. The van der Waals surface area contributed by atoms with E-state index in [0.29, 0.717) is 17.1 Å². The fourth-order valence-electron chi connectivity index (χ4n) is 1.60. The van der Waals surface area contributed by atoms with Crippen LogP contribution >= 0.6 is 0 Å². The van der Waals surface area contributed by atoms with Crippen molar-refractivity contribution >= 4 is 15.7 Å². The van der Waals surface area contributed by atoms with Gasteiger partial charge in [-0.2, -0.15) is 17.9 Å². The fraction of sp³-hybridized carbons (Fsp3) is 0.556. The van der Waals surface area contributed by atoms with Crippen LogP contribution < -0.4 is 0 Å². The zero-order chi connectivity index (χ0) is 11.4. The maximum Gasteiger partial charge on any atom is 0.286 e. The van der Waals surface area contributed by atoms with Gasteiger partial charge in [-0.05, 0) is 6.92 Å². The smallest absolute Gasteiger partial charge is 0.281 e. The summed E-state index contributed by atoms with van der Waals surface area (Å²) in [5.41, 5.74) is 1.23.